The number of thiazole rings is 2. The molecule has 23 heavy (non-hydrogen) atoms. The van der Waals surface area contributed by atoms with Crippen molar-refractivity contribution in [3.63, 3.8) is 0 Å². The molecule has 1 saturated heterocycles. The van der Waals surface area contributed by atoms with Gasteiger partial charge < -0.3 is 10.6 Å². The molecule has 9 heteroatoms. The number of nitrogens with two attached hydrogens (primary N) is 1. The Kier molecular flexibility index (Phi) is 8.42. The van der Waals surface area contributed by atoms with E-state index < -0.39 is 0 Å². The normalized spacial score (nSPS) is 17.3. The van der Waals surface area contributed by atoms with Gasteiger partial charge in [0.15, 0.2) is 0 Å². The summed E-state index contributed by atoms with van der Waals surface area (Å²) >= 11 is 3.13. The van der Waals surface area contributed by atoms with Gasteiger partial charge in [-0.05, 0) is 25.8 Å². The van der Waals surface area contributed by atoms with Crippen molar-refractivity contribution in [2.75, 3.05) is 13.1 Å². The fourth-order valence-corrected chi connectivity index (χ4v) is 4.20. The number of piperidine rings is 1. The van der Waals surface area contributed by atoms with Gasteiger partial charge in [0, 0.05) is 29.9 Å². The van der Waals surface area contributed by atoms with Crippen molar-refractivity contribution >= 4 is 53.4 Å². The SMILES string of the molecule is Cl.Cl.NCCc1nc(C(=O)N2CCCCC2c2nccs2)cs1. The van der Waals surface area contributed by atoms with Gasteiger partial charge in [0.2, 0.25) is 0 Å². The summed E-state index contributed by atoms with van der Waals surface area (Å²) in [5, 5.41) is 5.78. The van der Waals surface area contributed by atoms with Gasteiger partial charge in [-0.25, -0.2) is 9.97 Å². The summed E-state index contributed by atoms with van der Waals surface area (Å²) in [5.41, 5.74) is 6.09. The van der Waals surface area contributed by atoms with Gasteiger partial charge in [0.25, 0.3) is 5.91 Å². The van der Waals surface area contributed by atoms with Crippen molar-refractivity contribution in [3.05, 3.63) is 32.7 Å². The largest absolute Gasteiger partial charge is 0.330 e. The van der Waals surface area contributed by atoms with Crippen LogP contribution in [0, 0.1) is 0 Å². The molecular formula is C14H20Cl2N4OS2. The molecule has 128 valence electrons. The molecule has 1 unspecified atom stereocenters. The monoisotopic (exact) mass is 394 g/mol. The highest BCUT2D eigenvalue weighted by Gasteiger charge is 2.31. The highest BCUT2D eigenvalue weighted by molar-refractivity contribution is 7.10. The molecule has 0 spiro atoms. The standard InChI is InChI=1S/C14H18N4OS2.2ClH/c15-5-4-12-17-10(9-21-12)14(19)18-7-2-1-3-11(18)13-16-6-8-20-13;;/h6,8-9,11H,1-5,7,15H2;2*1H. The van der Waals surface area contributed by atoms with Crippen LogP contribution in [0.15, 0.2) is 17.0 Å². The molecule has 0 saturated carbocycles. The highest BCUT2D eigenvalue weighted by Crippen LogP contribution is 2.33. The van der Waals surface area contributed by atoms with Gasteiger partial charge >= 0.3 is 0 Å². The fourth-order valence-electron chi connectivity index (χ4n) is 2.62. The molecule has 0 aromatic carbocycles. The van der Waals surface area contributed by atoms with E-state index in [9.17, 15) is 4.79 Å². The smallest absolute Gasteiger partial charge is 0.273 e. The maximum atomic E-state index is 12.7. The van der Waals surface area contributed by atoms with E-state index in [-0.39, 0.29) is 36.8 Å². The Balaban J connectivity index is 0.00000132. The van der Waals surface area contributed by atoms with E-state index in [1.54, 1.807) is 17.5 Å². The number of aromatic nitrogens is 2. The van der Waals surface area contributed by atoms with Gasteiger partial charge in [-0.15, -0.1) is 47.5 Å². The zero-order valence-electron chi connectivity index (χ0n) is 12.5. The van der Waals surface area contributed by atoms with Crippen LogP contribution >= 0.6 is 47.5 Å². The van der Waals surface area contributed by atoms with Crippen LogP contribution in [0.25, 0.3) is 0 Å². The van der Waals surface area contributed by atoms with Gasteiger partial charge in [-0.2, -0.15) is 0 Å². The number of halogens is 2. The van der Waals surface area contributed by atoms with E-state index in [0.29, 0.717) is 12.2 Å². The molecule has 1 aliphatic heterocycles. The second kappa shape index (κ2) is 9.54. The quantitative estimate of drug-likeness (QED) is 0.862. The third-order valence-electron chi connectivity index (χ3n) is 3.63. The Morgan fingerprint density at radius 1 is 1.35 bits per heavy atom. The average Bonchev–Trinajstić information content (AvgIpc) is 3.18. The zero-order chi connectivity index (χ0) is 14.7. The predicted molar refractivity (Wildman–Crippen MR) is 99.1 cm³/mol. The number of nitrogens with zero attached hydrogens (tertiary/aromatic N) is 3. The topological polar surface area (TPSA) is 72.1 Å². The molecule has 0 bridgehead atoms. The summed E-state index contributed by atoms with van der Waals surface area (Å²) in [6.07, 6.45) is 5.71. The van der Waals surface area contributed by atoms with Crippen LogP contribution in [0.5, 0.6) is 0 Å². The molecule has 0 radical (unpaired) electrons. The third-order valence-corrected chi connectivity index (χ3v) is 5.41. The second-order valence-corrected chi connectivity index (χ2v) is 6.91. The van der Waals surface area contributed by atoms with Crippen LogP contribution in [0.4, 0.5) is 0 Å². The number of carbonyl (C=O) groups excluding carboxylic acids is 1. The number of carbonyl (C=O) groups is 1. The minimum absolute atomic E-state index is 0. The number of rotatable bonds is 4. The van der Waals surface area contributed by atoms with Gasteiger partial charge in [0.1, 0.15) is 10.7 Å². The van der Waals surface area contributed by atoms with Crippen molar-refractivity contribution in [1.82, 2.24) is 14.9 Å². The van der Waals surface area contributed by atoms with Crippen molar-refractivity contribution < 1.29 is 4.79 Å². The molecule has 2 aromatic rings. The maximum absolute atomic E-state index is 12.7. The Hall–Kier alpha value is -0.730. The Bertz CT molecular complexity index is 606. The van der Waals surface area contributed by atoms with Crippen molar-refractivity contribution in [2.24, 2.45) is 5.73 Å². The van der Waals surface area contributed by atoms with Crippen LogP contribution in [0.3, 0.4) is 0 Å². The molecule has 3 rings (SSSR count). The summed E-state index contributed by atoms with van der Waals surface area (Å²) in [6.45, 7) is 1.35. The van der Waals surface area contributed by atoms with Gasteiger partial charge in [0.05, 0.1) is 11.0 Å². The van der Waals surface area contributed by atoms with Crippen LogP contribution < -0.4 is 5.73 Å². The van der Waals surface area contributed by atoms with E-state index >= 15 is 0 Å². The first-order valence-electron chi connectivity index (χ1n) is 7.14. The predicted octanol–water partition coefficient (Wildman–Crippen LogP) is 3.31. The van der Waals surface area contributed by atoms with Crippen molar-refractivity contribution in [3.8, 4) is 0 Å². The molecule has 2 N–H and O–H groups in total. The number of likely N-dealkylation sites (tertiary alicyclic amines) is 1. The molecule has 1 atom stereocenters. The van der Waals surface area contributed by atoms with Crippen molar-refractivity contribution in [1.29, 1.82) is 0 Å². The van der Waals surface area contributed by atoms with Crippen LogP contribution in [0.2, 0.25) is 0 Å². The lowest BCUT2D eigenvalue weighted by Gasteiger charge is -2.34. The summed E-state index contributed by atoms with van der Waals surface area (Å²) in [5.74, 6) is 0.0226. The molecular weight excluding hydrogens is 375 g/mol. The van der Waals surface area contributed by atoms with E-state index in [0.717, 1.165) is 42.2 Å². The summed E-state index contributed by atoms with van der Waals surface area (Å²) in [6, 6.07) is 0.103. The van der Waals surface area contributed by atoms with Crippen LogP contribution in [-0.4, -0.2) is 33.9 Å². The Morgan fingerprint density at radius 2 is 2.17 bits per heavy atom. The van der Waals surface area contributed by atoms with E-state index in [2.05, 4.69) is 9.97 Å². The van der Waals surface area contributed by atoms with Gasteiger partial charge in [-0.3, -0.25) is 4.79 Å². The van der Waals surface area contributed by atoms with Crippen molar-refractivity contribution in [2.45, 2.75) is 31.7 Å². The molecule has 2 aromatic heterocycles. The summed E-state index contributed by atoms with van der Waals surface area (Å²) in [7, 11) is 0. The average molecular weight is 395 g/mol. The molecule has 1 amide bonds. The number of hydrogen-bond donors (Lipinski definition) is 1. The summed E-state index contributed by atoms with van der Waals surface area (Å²) < 4.78 is 0. The van der Waals surface area contributed by atoms with Crippen LogP contribution in [-0.2, 0) is 6.42 Å². The molecule has 1 fully saturated rings. The molecule has 5 nitrogen and oxygen atoms in total. The number of hydrogen-bond acceptors (Lipinski definition) is 6. The van der Waals surface area contributed by atoms with E-state index in [1.807, 2.05) is 15.7 Å². The lowest BCUT2D eigenvalue weighted by molar-refractivity contribution is 0.0605. The maximum Gasteiger partial charge on any atom is 0.273 e. The molecule has 3 heterocycles. The summed E-state index contributed by atoms with van der Waals surface area (Å²) in [4.78, 5) is 23.5. The highest BCUT2D eigenvalue weighted by atomic mass is 35.5. The number of amides is 1. The van der Waals surface area contributed by atoms with E-state index in [4.69, 9.17) is 5.73 Å². The minimum Gasteiger partial charge on any atom is -0.330 e. The second-order valence-electron chi connectivity index (χ2n) is 5.05. The lowest BCUT2D eigenvalue weighted by atomic mass is 10.0. The fraction of sp³-hybridized carbons (Fsp3) is 0.500. The minimum atomic E-state index is 0. The Morgan fingerprint density at radius 3 is 2.87 bits per heavy atom. The molecule has 1 aliphatic rings. The Labute approximate surface area is 156 Å². The first kappa shape index (κ1) is 20.3. The van der Waals surface area contributed by atoms with E-state index in [1.165, 1.54) is 11.3 Å². The first-order valence-corrected chi connectivity index (χ1v) is 8.90. The third kappa shape index (κ3) is 4.64. The van der Waals surface area contributed by atoms with Gasteiger partial charge in [-0.1, -0.05) is 0 Å². The molecule has 0 aliphatic carbocycles. The first-order chi connectivity index (χ1) is 10.3. The lowest BCUT2D eigenvalue weighted by Crippen LogP contribution is -2.38. The zero-order valence-corrected chi connectivity index (χ0v) is 15.8. The van der Waals surface area contributed by atoms with Crippen LogP contribution in [0.1, 0.15) is 45.8 Å².